The normalized spacial score (nSPS) is 10.4. The minimum atomic E-state index is -0.877. The van der Waals surface area contributed by atoms with Crippen LogP contribution in [0.25, 0.3) is 11.3 Å². The van der Waals surface area contributed by atoms with Crippen LogP contribution in [0.1, 0.15) is 0 Å². The Kier molecular flexibility index (Phi) is 3.75. The Morgan fingerprint density at radius 3 is 3.06 bits per heavy atom. The Bertz CT molecular complexity index is 542. The molecule has 0 fully saturated rings. The Labute approximate surface area is 105 Å². The summed E-state index contributed by atoms with van der Waals surface area (Å²) in [5.41, 5.74) is 1.37. The van der Waals surface area contributed by atoms with Gasteiger partial charge >= 0.3 is 5.97 Å². The van der Waals surface area contributed by atoms with Crippen LogP contribution < -0.4 is 0 Å². The smallest absolute Gasteiger partial charge is 0.313 e. The highest BCUT2D eigenvalue weighted by Crippen LogP contribution is 2.28. The first-order valence-corrected chi connectivity index (χ1v) is 6.58. The molecule has 0 spiro atoms. The van der Waals surface area contributed by atoms with E-state index in [0.717, 1.165) is 11.8 Å². The number of carboxylic acid groups (broad SMARTS) is 1. The second kappa shape index (κ2) is 5.29. The van der Waals surface area contributed by atoms with Crippen LogP contribution in [0.4, 0.5) is 4.39 Å². The third kappa shape index (κ3) is 3.28. The van der Waals surface area contributed by atoms with Crippen LogP contribution in [0.2, 0.25) is 0 Å². The maximum absolute atomic E-state index is 13.0. The van der Waals surface area contributed by atoms with Crippen molar-refractivity contribution in [2.45, 2.75) is 4.34 Å². The fourth-order valence-corrected chi connectivity index (χ4v) is 2.78. The van der Waals surface area contributed by atoms with E-state index in [-0.39, 0.29) is 11.6 Å². The van der Waals surface area contributed by atoms with Gasteiger partial charge in [-0.15, -0.1) is 11.3 Å². The van der Waals surface area contributed by atoms with Crippen molar-refractivity contribution in [3.8, 4) is 11.3 Å². The fraction of sp³-hybridized carbons (Fsp3) is 0.0909. The predicted octanol–water partition coefficient (Wildman–Crippen LogP) is 3.13. The Hall–Kier alpha value is -1.40. The number of rotatable bonds is 4. The summed E-state index contributed by atoms with van der Waals surface area (Å²) >= 11 is 2.52. The average molecular weight is 269 g/mol. The van der Waals surface area contributed by atoms with Crippen molar-refractivity contribution >= 4 is 29.1 Å². The first-order valence-electron chi connectivity index (χ1n) is 4.71. The van der Waals surface area contributed by atoms with Gasteiger partial charge in [0.05, 0.1) is 11.4 Å². The molecule has 0 saturated carbocycles. The lowest BCUT2D eigenvalue weighted by Gasteiger charge is -1.95. The van der Waals surface area contributed by atoms with Gasteiger partial charge in [-0.2, -0.15) is 0 Å². The van der Waals surface area contributed by atoms with E-state index >= 15 is 0 Å². The molecule has 17 heavy (non-hydrogen) atoms. The number of thioether (sulfide) groups is 1. The maximum atomic E-state index is 13.0. The molecule has 0 amide bonds. The largest absolute Gasteiger partial charge is 0.481 e. The maximum Gasteiger partial charge on any atom is 0.313 e. The third-order valence-electron chi connectivity index (χ3n) is 1.92. The number of hydrogen-bond acceptors (Lipinski definition) is 4. The van der Waals surface area contributed by atoms with Crippen molar-refractivity contribution in [1.29, 1.82) is 0 Å². The topological polar surface area (TPSA) is 50.2 Å². The first-order chi connectivity index (χ1) is 8.15. The van der Waals surface area contributed by atoms with E-state index in [2.05, 4.69) is 4.98 Å². The van der Waals surface area contributed by atoms with Crippen LogP contribution in [0, 0.1) is 5.82 Å². The number of carboxylic acids is 1. The van der Waals surface area contributed by atoms with Crippen LogP contribution in [-0.4, -0.2) is 21.8 Å². The molecular formula is C11H8FNO2S2. The van der Waals surface area contributed by atoms with Crippen molar-refractivity contribution in [1.82, 2.24) is 4.98 Å². The minimum absolute atomic E-state index is 0.0178. The molecule has 0 atom stereocenters. The van der Waals surface area contributed by atoms with Crippen molar-refractivity contribution in [2.75, 3.05) is 5.75 Å². The van der Waals surface area contributed by atoms with E-state index in [1.807, 2.05) is 0 Å². The summed E-state index contributed by atoms with van der Waals surface area (Å²) < 4.78 is 13.7. The molecule has 1 aromatic heterocycles. The monoisotopic (exact) mass is 269 g/mol. The zero-order valence-electron chi connectivity index (χ0n) is 8.59. The first kappa shape index (κ1) is 12.1. The molecule has 0 saturated heterocycles. The summed E-state index contributed by atoms with van der Waals surface area (Å²) in [5.74, 6) is -1.21. The van der Waals surface area contributed by atoms with Gasteiger partial charge in [0.15, 0.2) is 4.34 Å². The molecule has 0 aliphatic heterocycles. The number of nitrogens with zero attached hydrogens (tertiary/aromatic N) is 1. The molecule has 88 valence electrons. The van der Waals surface area contributed by atoms with Crippen molar-refractivity contribution in [2.24, 2.45) is 0 Å². The van der Waals surface area contributed by atoms with Crippen molar-refractivity contribution in [3.05, 3.63) is 35.5 Å². The van der Waals surface area contributed by atoms with Gasteiger partial charge < -0.3 is 5.11 Å². The number of benzene rings is 1. The van der Waals surface area contributed by atoms with Crippen molar-refractivity contribution in [3.63, 3.8) is 0 Å². The zero-order valence-corrected chi connectivity index (χ0v) is 10.2. The SMILES string of the molecule is O=C(O)CSc1nc(-c2cccc(F)c2)cs1. The number of thiazole rings is 1. The van der Waals surface area contributed by atoms with Crippen LogP contribution in [0.5, 0.6) is 0 Å². The minimum Gasteiger partial charge on any atom is -0.481 e. The highest BCUT2D eigenvalue weighted by molar-refractivity contribution is 8.01. The van der Waals surface area contributed by atoms with E-state index in [1.54, 1.807) is 17.5 Å². The van der Waals surface area contributed by atoms with E-state index in [0.29, 0.717) is 15.6 Å². The molecule has 0 aliphatic rings. The van der Waals surface area contributed by atoms with Crippen molar-refractivity contribution < 1.29 is 14.3 Å². The molecule has 2 aromatic rings. The highest BCUT2D eigenvalue weighted by Gasteiger charge is 2.07. The molecule has 0 bridgehead atoms. The lowest BCUT2D eigenvalue weighted by atomic mass is 10.2. The molecule has 0 aliphatic carbocycles. The number of halogens is 1. The summed E-state index contributed by atoms with van der Waals surface area (Å²) in [4.78, 5) is 14.6. The summed E-state index contributed by atoms with van der Waals surface area (Å²) in [5, 5.41) is 10.3. The lowest BCUT2D eigenvalue weighted by Crippen LogP contribution is -1.96. The summed E-state index contributed by atoms with van der Waals surface area (Å²) in [6.07, 6.45) is 0. The molecule has 1 heterocycles. The molecule has 6 heteroatoms. The average Bonchev–Trinajstić information content (AvgIpc) is 2.75. The van der Waals surface area contributed by atoms with Gasteiger partial charge in [0.2, 0.25) is 0 Å². The quantitative estimate of drug-likeness (QED) is 0.866. The predicted molar refractivity (Wildman–Crippen MR) is 65.9 cm³/mol. The van der Waals surface area contributed by atoms with Gasteiger partial charge in [0, 0.05) is 10.9 Å². The Balaban J connectivity index is 2.15. The second-order valence-corrected chi connectivity index (χ2v) is 5.27. The van der Waals surface area contributed by atoms with E-state index < -0.39 is 5.97 Å². The molecular weight excluding hydrogens is 261 g/mol. The van der Waals surface area contributed by atoms with Gasteiger partial charge in [0.1, 0.15) is 5.82 Å². The molecule has 1 aromatic carbocycles. The number of aliphatic carboxylic acids is 1. The Morgan fingerprint density at radius 2 is 2.35 bits per heavy atom. The van der Waals surface area contributed by atoms with E-state index in [1.165, 1.54) is 23.5 Å². The van der Waals surface area contributed by atoms with Gasteiger partial charge in [-0.25, -0.2) is 9.37 Å². The van der Waals surface area contributed by atoms with Gasteiger partial charge in [0.25, 0.3) is 0 Å². The fourth-order valence-electron chi connectivity index (χ4n) is 1.23. The van der Waals surface area contributed by atoms with Gasteiger partial charge in [-0.05, 0) is 12.1 Å². The van der Waals surface area contributed by atoms with Gasteiger partial charge in [-0.1, -0.05) is 23.9 Å². The van der Waals surface area contributed by atoms with Crippen LogP contribution in [-0.2, 0) is 4.79 Å². The third-order valence-corrected chi connectivity index (χ3v) is 3.93. The van der Waals surface area contributed by atoms with Crippen LogP contribution >= 0.6 is 23.1 Å². The van der Waals surface area contributed by atoms with E-state index in [9.17, 15) is 9.18 Å². The highest BCUT2D eigenvalue weighted by atomic mass is 32.2. The molecule has 2 rings (SSSR count). The van der Waals surface area contributed by atoms with E-state index in [4.69, 9.17) is 5.11 Å². The standard InChI is InChI=1S/C11H8FNO2S2/c12-8-3-1-2-7(4-8)9-5-16-11(13-9)17-6-10(14)15/h1-5H,6H2,(H,14,15). The molecule has 0 radical (unpaired) electrons. The van der Waals surface area contributed by atoms with Crippen LogP contribution in [0.3, 0.4) is 0 Å². The molecule has 1 N–H and O–H groups in total. The molecule has 3 nitrogen and oxygen atoms in total. The molecule has 0 unspecified atom stereocenters. The summed E-state index contributed by atoms with van der Waals surface area (Å²) in [6, 6.07) is 6.16. The summed E-state index contributed by atoms with van der Waals surface area (Å²) in [6.45, 7) is 0. The summed E-state index contributed by atoms with van der Waals surface area (Å²) in [7, 11) is 0. The lowest BCUT2D eigenvalue weighted by molar-refractivity contribution is -0.133. The number of carbonyl (C=O) groups is 1. The number of aromatic nitrogens is 1. The Morgan fingerprint density at radius 1 is 1.53 bits per heavy atom. The number of hydrogen-bond donors (Lipinski definition) is 1. The zero-order chi connectivity index (χ0) is 12.3. The van der Waals surface area contributed by atoms with Gasteiger partial charge in [-0.3, -0.25) is 4.79 Å². The second-order valence-electron chi connectivity index (χ2n) is 3.19. The van der Waals surface area contributed by atoms with Crippen LogP contribution in [0.15, 0.2) is 34.0 Å².